The van der Waals surface area contributed by atoms with Gasteiger partial charge in [-0.2, -0.15) is 5.26 Å². The van der Waals surface area contributed by atoms with Gasteiger partial charge in [0.15, 0.2) is 5.78 Å². The highest BCUT2D eigenvalue weighted by Gasteiger charge is 2.33. The molecule has 6 heteroatoms. The Hall–Kier alpha value is -1.58. The molecular weight excluding hydrogens is 286 g/mol. The summed E-state index contributed by atoms with van der Waals surface area (Å²) in [6.45, 7) is 5.43. The number of ketones is 1. The standard InChI is InChI=1S/C15H21N3O2S/c1-4-11(19)13-12(17)10(8-16)14(21-13)18-7-5-6-15(2,9-18)20-3/h4-7,9,17H2,1-3H3. The van der Waals surface area contributed by atoms with Crippen LogP contribution in [0.4, 0.5) is 10.7 Å². The van der Waals surface area contributed by atoms with Gasteiger partial charge in [-0.3, -0.25) is 4.79 Å². The van der Waals surface area contributed by atoms with Crippen molar-refractivity contribution in [2.45, 2.75) is 38.7 Å². The molecule has 2 heterocycles. The summed E-state index contributed by atoms with van der Waals surface area (Å²) in [5.74, 6) is -0.00763. The number of carbonyl (C=O) groups excluding carboxylic acids is 1. The number of nitrogens with two attached hydrogens (primary N) is 1. The molecule has 0 aromatic carbocycles. The number of carbonyl (C=O) groups is 1. The Morgan fingerprint density at radius 1 is 1.62 bits per heavy atom. The van der Waals surface area contributed by atoms with Gasteiger partial charge in [0.05, 0.1) is 16.2 Å². The first-order valence-corrected chi connectivity index (χ1v) is 7.93. The summed E-state index contributed by atoms with van der Waals surface area (Å²) in [6.07, 6.45) is 2.37. The lowest BCUT2D eigenvalue weighted by Gasteiger charge is -2.40. The molecule has 1 atom stereocenters. The summed E-state index contributed by atoms with van der Waals surface area (Å²) < 4.78 is 5.59. The molecule has 2 rings (SSSR count). The average molecular weight is 307 g/mol. The zero-order chi connectivity index (χ0) is 15.6. The van der Waals surface area contributed by atoms with Crippen LogP contribution in [-0.2, 0) is 4.74 Å². The fourth-order valence-electron chi connectivity index (χ4n) is 2.68. The number of Topliss-reactive ketones (excluding diaryl/α,β-unsaturated/α-hetero) is 1. The summed E-state index contributed by atoms with van der Waals surface area (Å²) in [6, 6.07) is 2.16. The van der Waals surface area contributed by atoms with E-state index in [9.17, 15) is 10.1 Å². The van der Waals surface area contributed by atoms with Crippen LogP contribution >= 0.6 is 11.3 Å². The second kappa shape index (κ2) is 6.04. The van der Waals surface area contributed by atoms with E-state index in [1.165, 1.54) is 11.3 Å². The number of nitriles is 1. The molecule has 1 saturated heterocycles. The zero-order valence-corrected chi connectivity index (χ0v) is 13.5. The molecule has 1 fully saturated rings. The second-order valence-corrected chi connectivity index (χ2v) is 6.59. The van der Waals surface area contributed by atoms with Crippen molar-refractivity contribution in [1.29, 1.82) is 5.26 Å². The molecule has 2 N–H and O–H groups in total. The largest absolute Gasteiger partial charge is 0.396 e. The second-order valence-electron chi connectivity index (χ2n) is 5.59. The number of nitrogen functional groups attached to an aromatic ring is 1. The molecule has 0 aliphatic carbocycles. The summed E-state index contributed by atoms with van der Waals surface area (Å²) in [7, 11) is 1.71. The Bertz CT molecular complexity index is 590. The van der Waals surface area contributed by atoms with Crippen LogP contribution in [0.2, 0.25) is 0 Å². The van der Waals surface area contributed by atoms with E-state index >= 15 is 0 Å². The van der Waals surface area contributed by atoms with Crippen LogP contribution in [0.25, 0.3) is 0 Å². The number of nitrogens with zero attached hydrogens (tertiary/aromatic N) is 2. The van der Waals surface area contributed by atoms with E-state index in [0.717, 1.165) is 24.4 Å². The lowest BCUT2D eigenvalue weighted by Crippen LogP contribution is -2.47. The molecule has 21 heavy (non-hydrogen) atoms. The van der Waals surface area contributed by atoms with Crippen LogP contribution in [-0.4, -0.2) is 31.6 Å². The maximum atomic E-state index is 12.0. The molecule has 1 aliphatic rings. The molecular formula is C15H21N3O2S. The summed E-state index contributed by atoms with van der Waals surface area (Å²) in [4.78, 5) is 14.6. The molecule has 0 saturated carbocycles. The quantitative estimate of drug-likeness (QED) is 0.865. The van der Waals surface area contributed by atoms with Crippen molar-refractivity contribution in [1.82, 2.24) is 0 Å². The smallest absolute Gasteiger partial charge is 0.174 e. The van der Waals surface area contributed by atoms with E-state index in [2.05, 4.69) is 17.9 Å². The maximum Gasteiger partial charge on any atom is 0.174 e. The number of thiophene rings is 1. The van der Waals surface area contributed by atoms with Gasteiger partial charge in [0.2, 0.25) is 0 Å². The van der Waals surface area contributed by atoms with Crippen LogP contribution in [0, 0.1) is 11.3 Å². The van der Waals surface area contributed by atoms with Gasteiger partial charge in [0.25, 0.3) is 0 Å². The van der Waals surface area contributed by atoms with Crippen molar-refractivity contribution in [3.63, 3.8) is 0 Å². The van der Waals surface area contributed by atoms with Crippen LogP contribution < -0.4 is 10.6 Å². The van der Waals surface area contributed by atoms with Gasteiger partial charge in [-0.25, -0.2) is 0 Å². The third kappa shape index (κ3) is 2.89. The molecule has 1 aromatic rings. The van der Waals surface area contributed by atoms with Crippen molar-refractivity contribution < 1.29 is 9.53 Å². The van der Waals surface area contributed by atoms with Crippen LogP contribution in [0.3, 0.4) is 0 Å². The minimum atomic E-state index is -0.224. The first-order chi connectivity index (χ1) is 9.95. The highest BCUT2D eigenvalue weighted by Crippen LogP contribution is 2.40. The van der Waals surface area contributed by atoms with E-state index in [-0.39, 0.29) is 11.4 Å². The summed E-state index contributed by atoms with van der Waals surface area (Å²) in [5, 5.41) is 10.2. The lowest BCUT2D eigenvalue weighted by atomic mass is 9.95. The minimum absolute atomic E-state index is 0.00763. The fourth-order valence-corrected chi connectivity index (χ4v) is 3.88. The Balaban J connectivity index is 2.40. The van der Waals surface area contributed by atoms with Crippen molar-refractivity contribution in [2.75, 3.05) is 30.8 Å². The SMILES string of the molecule is CCC(=O)c1sc(N2CCCC(C)(OC)C2)c(C#N)c1N. The molecule has 1 aliphatic heterocycles. The van der Waals surface area contributed by atoms with Crippen molar-refractivity contribution >= 4 is 27.8 Å². The topological polar surface area (TPSA) is 79.3 Å². The van der Waals surface area contributed by atoms with Gasteiger partial charge in [0.1, 0.15) is 16.6 Å². The zero-order valence-electron chi connectivity index (χ0n) is 12.7. The Labute approximate surface area is 129 Å². The molecule has 5 nitrogen and oxygen atoms in total. The van der Waals surface area contributed by atoms with Crippen LogP contribution in [0.15, 0.2) is 0 Å². The predicted molar refractivity (Wildman–Crippen MR) is 84.9 cm³/mol. The van der Waals surface area contributed by atoms with Gasteiger partial charge in [-0.05, 0) is 19.8 Å². The number of ether oxygens (including phenoxy) is 1. The average Bonchev–Trinajstić information content (AvgIpc) is 2.83. The predicted octanol–water partition coefficient (Wildman–Crippen LogP) is 2.80. The van der Waals surface area contributed by atoms with E-state index in [0.29, 0.717) is 29.1 Å². The van der Waals surface area contributed by atoms with Gasteiger partial charge < -0.3 is 15.4 Å². The molecule has 0 amide bonds. The molecule has 0 bridgehead atoms. The monoisotopic (exact) mass is 307 g/mol. The normalized spacial score (nSPS) is 22.1. The van der Waals surface area contributed by atoms with Gasteiger partial charge in [-0.15, -0.1) is 11.3 Å². The number of methoxy groups -OCH3 is 1. The number of piperidine rings is 1. The third-order valence-electron chi connectivity index (χ3n) is 4.05. The van der Waals surface area contributed by atoms with Gasteiger partial charge in [0, 0.05) is 26.6 Å². The summed E-state index contributed by atoms with van der Waals surface area (Å²) in [5.41, 5.74) is 6.54. The third-order valence-corrected chi connectivity index (χ3v) is 5.36. The molecule has 1 unspecified atom stereocenters. The van der Waals surface area contributed by atoms with Crippen molar-refractivity contribution in [3.05, 3.63) is 10.4 Å². The van der Waals surface area contributed by atoms with E-state index in [1.807, 2.05) is 0 Å². The van der Waals surface area contributed by atoms with Gasteiger partial charge in [-0.1, -0.05) is 6.92 Å². The van der Waals surface area contributed by atoms with Crippen LogP contribution in [0.5, 0.6) is 0 Å². The van der Waals surface area contributed by atoms with Crippen molar-refractivity contribution in [2.24, 2.45) is 0 Å². The first kappa shape index (κ1) is 15.8. The minimum Gasteiger partial charge on any atom is -0.396 e. The Morgan fingerprint density at radius 2 is 2.33 bits per heavy atom. The van der Waals surface area contributed by atoms with Gasteiger partial charge >= 0.3 is 0 Å². The number of hydrogen-bond donors (Lipinski definition) is 1. The number of rotatable bonds is 4. The van der Waals surface area contributed by atoms with E-state index in [4.69, 9.17) is 10.5 Å². The van der Waals surface area contributed by atoms with E-state index < -0.39 is 0 Å². The highest BCUT2D eigenvalue weighted by atomic mass is 32.1. The molecule has 1 aromatic heterocycles. The number of hydrogen-bond acceptors (Lipinski definition) is 6. The maximum absolute atomic E-state index is 12.0. The first-order valence-electron chi connectivity index (χ1n) is 7.11. The molecule has 114 valence electrons. The fraction of sp³-hybridized carbons (Fsp3) is 0.600. The highest BCUT2D eigenvalue weighted by molar-refractivity contribution is 7.19. The summed E-state index contributed by atoms with van der Waals surface area (Å²) >= 11 is 1.33. The Kier molecular flexibility index (Phi) is 4.55. The number of anilines is 2. The van der Waals surface area contributed by atoms with E-state index in [1.54, 1.807) is 14.0 Å². The molecule has 0 radical (unpaired) electrons. The van der Waals surface area contributed by atoms with Crippen molar-refractivity contribution in [3.8, 4) is 6.07 Å². The Morgan fingerprint density at radius 3 is 2.90 bits per heavy atom. The molecule has 0 spiro atoms. The van der Waals surface area contributed by atoms with Crippen LogP contribution in [0.1, 0.15) is 48.3 Å². The lowest BCUT2D eigenvalue weighted by molar-refractivity contribution is -0.00452.